The Morgan fingerprint density at radius 2 is 2.06 bits per heavy atom. The summed E-state index contributed by atoms with van der Waals surface area (Å²) in [5, 5.41) is 2.67. The van der Waals surface area contributed by atoms with E-state index >= 15 is 0 Å². The summed E-state index contributed by atoms with van der Waals surface area (Å²) in [6, 6.07) is 0. The summed E-state index contributed by atoms with van der Waals surface area (Å²) in [6.45, 7) is 7.81. The monoisotopic (exact) mass is 273 g/mol. The number of carbonyl (C=O) groups is 1. The summed E-state index contributed by atoms with van der Waals surface area (Å²) >= 11 is 5.04. The molecule has 106 valence electrons. The number of amides is 1. The van der Waals surface area contributed by atoms with Crippen molar-refractivity contribution in [1.29, 1.82) is 0 Å². The molecule has 0 aromatic rings. The van der Waals surface area contributed by atoms with Crippen molar-refractivity contribution in [2.75, 3.05) is 27.2 Å². The fourth-order valence-electron chi connectivity index (χ4n) is 1.80. The van der Waals surface area contributed by atoms with Crippen LogP contribution in [0.1, 0.15) is 33.6 Å². The quantitative estimate of drug-likeness (QED) is 0.656. The zero-order valence-electron chi connectivity index (χ0n) is 12.2. The van der Waals surface area contributed by atoms with E-state index in [0.29, 0.717) is 4.99 Å². The van der Waals surface area contributed by atoms with Crippen molar-refractivity contribution in [2.24, 2.45) is 17.1 Å². The summed E-state index contributed by atoms with van der Waals surface area (Å²) in [7, 11) is 3.71. The number of carbonyl (C=O) groups excluding carboxylic acids is 1. The first-order valence-electron chi connectivity index (χ1n) is 6.40. The molecule has 1 unspecified atom stereocenters. The summed E-state index contributed by atoms with van der Waals surface area (Å²) in [6.07, 6.45) is 2.00. The first-order chi connectivity index (χ1) is 8.20. The lowest BCUT2D eigenvalue weighted by Gasteiger charge is -2.25. The second-order valence-electron chi connectivity index (χ2n) is 5.63. The Balaban J connectivity index is 3.95. The first-order valence-corrected chi connectivity index (χ1v) is 6.81. The van der Waals surface area contributed by atoms with Gasteiger partial charge in [0.2, 0.25) is 5.91 Å². The second-order valence-corrected chi connectivity index (χ2v) is 6.07. The molecule has 1 amide bonds. The molecule has 0 saturated heterocycles. The number of nitrogens with two attached hydrogens (primary N) is 1. The minimum atomic E-state index is -0.0808. The lowest BCUT2D eigenvalue weighted by atomic mass is 9.88. The molecule has 5 heteroatoms. The van der Waals surface area contributed by atoms with Crippen LogP contribution < -0.4 is 11.1 Å². The van der Waals surface area contributed by atoms with Crippen molar-refractivity contribution in [3.05, 3.63) is 0 Å². The van der Waals surface area contributed by atoms with Crippen LogP contribution in [-0.4, -0.2) is 43.0 Å². The van der Waals surface area contributed by atoms with E-state index in [0.717, 1.165) is 25.9 Å². The summed E-state index contributed by atoms with van der Waals surface area (Å²) in [4.78, 5) is 14.1. The largest absolute Gasteiger partial charge is 0.393 e. The van der Waals surface area contributed by atoms with Gasteiger partial charge in [0.15, 0.2) is 0 Å². The van der Waals surface area contributed by atoms with Gasteiger partial charge < -0.3 is 16.0 Å². The van der Waals surface area contributed by atoms with Crippen LogP contribution in [0.2, 0.25) is 0 Å². The van der Waals surface area contributed by atoms with Gasteiger partial charge in [0.1, 0.15) is 0 Å². The van der Waals surface area contributed by atoms with E-state index in [1.165, 1.54) is 0 Å². The SMILES string of the molecule is CNC(=O)C(C)CN(C)CCCC(C)(C)C(N)=S. The first kappa shape index (κ1) is 17.3. The summed E-state index contributed by atoms with van der Waals surface area (Å²) in [5.41, 5.74) is 5.61. The number of hydrogen-bond acceptors (Lipinski definition) is 3. The van der Waals surface area contributed by atoms with Gasteiger partial charge in [0, 0.05) is 24.9 Å². The number of nitrogens with one attached hydrogen (secondary N) is 1. The van der Waals surface area contributed by atoms with E-state index in [9.17, 15) is 4.79 Å². The molecule has 0 aliphatic rings. The standard InChI is InChI=1S/C13H27N3OS/c1-10(11(17)15-4)9-16(5)8-6-7-13(2,3)12(14)18/h10H,6-9H2,1-5H3,(H2,14,18)(H,15,17). The van der Waals surface area contributed by atoms with Crippen LogP contribution in [0, 0.1) is 11.3 Å². The third kappa shape index (κ3) is 6.31. The molecule has 0 aliphatic heterocycles. The molecular weight excluding hydrogens is 246 g/mol. The minimum absolute atomic E-state index is 0.0172. The molecule has 0 spiro atoms. The molecular formula is C13H27N3OS. The molecule has 0 radical (unpaired) electrons. The van der Waals surface area contributed by atoms with E-state index in [1.54, 1.807) is 7.05 Å². The highest BCUT2D eigenvalue weighted by molar-refractivity contribution is 7.80. The number of nitrogens with zero attached hydrogens (tertiary/aromatic N) is 1. The Kier molecular flexibility index (Phi) is 7.40. The van der Waals surface area contributed by atoms with Crippen molar-refractivity contribution in [1.82, 2.24) is 10.2 Å². The molecule has 3 N–H and O–H groups in total. The molecule has 4 nitrogen and oxygen atoms in total. The Labute approximate surface area is 116 Å². The van der Waals surface area contributed by atoms with Crippen molar-refractivity contribution >= 4 is 23.1 Å². The lowest BCUT2D eigenvalue weighted by molar-refractivity contribution is -0.124. The van der Waals surface area contributed by atoms with E-state index in [1.807, 2.05) is 14.0 Å². The van der Waals surface area contributed by atoms with Gasteiger partial charge in [0.25, 0.3) is 0 Å². The van der Waals surface area contributed by atoms with Gasteiger partial charge in [-0.05, 0) is 26.4 Å². The van der Waals surface area contributed by atoms with Crippen molar-refractivity contribution in [2.45, 2.75) is 33.6 Å². The zero-order chi connectivity index (χ0) is 14.3. The highest BCUT2D eigenvalue weighted by Crippen LogP contribution is 2.22. The fourth-order valence-corrected chi connectivity index (χ4v) is 1.90. The topological polar surface area (TPSA) is 58.4 Å². The van der Waals surface area contributed by atoms with E-state index in [-0.39, 0.29) is 17.2 Å². The van der Waals surface area contributed by atoms with Gasteiger partial charge in [0.05, 0.1) is 4.99 Å². The van der Waals surface area contributed by atoms with Crippen LogP contribution in [0.25, 0.3) is 0 Å². The van der Waals surface area contributed by atoms with Crippen LogP contribution >= 0.6 is 12.2 Å². The normalized spacial score (nSPS) is 13.4. The van der Waals surface area contributed by atoms with Crippen molar-refractivity contribution < 1.29 is 4.79 Å². The molecule has 1 atom stereocenters. The maximum Gasteiger partial charge on any atom is 0.223 e. The predicted octanol–water partition coefficient (Wildman–Crippen LogP) is 1.39. The Hall–Kier alpha value is -0.680. The molecule has 0 bridgehead atoms. The van der Waals surface area contributed by atoms with Crippen molar-refractivity contribution in [3.8, 4) is 0 Å². The lowest BCUT2D eigenvalue weighted by Crippen LogP contribution is -2.35. The van der Waals surface area contributed by atoms with E-state index < -0.39 is 0 Å². The number of rotatable bonds is 8. The van der Waals surface area contributed by atoms with Crippen LogP contribution in [0.4, 0.5) is 0 Å². The van der Waals surface area contributed by atoms with Crippen LogP contribution in [0.15, 0.2) is 0 Å². The average Bonchev–Trinajstić information content (AvgIpc) is 2.27. The summed E-state index contributed by atoms with van der Waals surface area (Å²) in [5.74, 6) is 0.105. The third-order valence-electron chi connectivity index (χ3n) is 3.29. The Morgan fingerprint density at radius 3 is 2.50 bits per heavy atom. The highest BCUT2D eigenvalue weighted by Gasteiger charge is 2.21. The minimum Gasteiger partial charge on any atom is -0.393 e. The van der Waals surface area contributed by atoms with Crippen LogP contribution in [0.3, 0.4) is 0 Å². The molecule has 0 aromatic carbocycles. The van der Waals surface area contributed by atoms with Gasteiger partial charge >= 0.3 is 0 Å². The van der Waals surface area contributed by atoms with Gasteiger partial charge in [-0.3, -0.25) is 4.79 Å². The van der Waals surface area contributed by atoms with Crippen LogP contribution in [0.5, 0.6) is 0 Å². The molecule has 0 saturated carbocycles. The van der Waals surface area contributed by atoms with Crippen molar-refractivity contribution in [3.63, 3.8) is 0 Å². The van der Waals surface area contributed by atoms with Gasteiger partial charge in [-0.15, -0.1) is 0 Å². The van der Waals surface area contributed by atoms with Gasteiger partial charge in [-0.1, -0.05) is 33.0 Å². The average molecular weight is 273 g/mol. The molecule has 18 heavy (non-hydrogen) atoms. The second kappa shape index (κ2) is 7.69. The number of thiocarbonyl (C=S) groups is 1. The van der Waals surface area contributed by atoms with Gasteiger partial charge in [-0.2, -0.15) is 0 Å². The van der Waals surface area contributed by atoms with E-state index in [4.69, 9.17) is 18.0 Å². The fraction of sp³-hybridized carbons (Fsp3) is 0.846. The highest BCUT2D eigenvalue weighted by atomic mass is 32.1. The third-order valence-corrected chi connectivity index (χ3v) is 3.84. The Morgan fingerprint density at radius 1 is 1.50 bits per heavy atom. The predicted molar refractivity (Wildman–Crippen MR) is 80.5 cm³/mol. The smallest absolute Gasteiger partial charge is 0.223 e. The van der Waals surface area contributed by atoms with Gasteiger partial charge in [-0.25, -0.2) is 0 Å². The maximum absolute atomic E-state index is 11.4. The molecule has 0 fully saturated rings. The zero-order valence-corrected chi connectivity index (χ0v) is 13.1. The summed E-state index contributed by atoms with van der Waals surface area (Å²) < 4.78 is 0. The molecule has 0 aliphatic carbocycles. The molecule has 0 heterocycles. The van der Waals surface area contributed by atoms with E-state index in [2.05, 4.69) is 24.1 Å². The number of hydrogen-bond donors (Lipinski definition) is 2. The maximum atomic E-state index is 11.4. The Bertz CT molecular complexity index is 292. The molecule has 0 aromatic heterocycles. The van der Waals surface area contributed by atoms with Crippen LogP contribution in [-0.2, 0) is 4.79 Å². The molecule has 0 rings (SSSR count).